The molecule has 0 radical (unpaired) electrons. The van der Waals surface area contributed by atoms with Gasteiger partial charge in [0.25, 0.3) is 0 Å². The topological polar surface area (TPSA) is 19.0 Å². The molecule has 1 aliphatic heterocycles. The van der Waals surface area contributed by atoms with E-state index in [9.17, 15) is 0 Å². The van der Waals surface area contributed by atoms with Crippen LogP contribution in [0.2, 0.25) is 0 Å². The fraction of sp³-hybridized carbons (Fsp3) is 0.500. The van der Waals surface area contributed by atoms with Crippen molar-refractivity contribution in [1.29, 1.82) is 0 Å². The van der Waals surface area contributed by atoms with E-state index in [1.807, 2.05) is 0 Å². The maximum absolute atomic E-state index is 5.63. The van der Waals surface area contributed by atoms with Gasteiger partial charge in [-0.3, -0.25) is 4.90 Å². The fourth-order valence-electron chi connectivity index (χ4n) is 4.13. The predicted molar refractivity (Wildman–Crippen MR) is 120 cm³/mol. The molecule has 1 atom stereocenters. The van der Waals surface area contributed by atoms with E-state index in [1.165, 1.54) is 28.1 Å². The summed E-state index contributed by atoms with van der Waals surface area (Å²) in [6.45, 7) is 12.3. The number of morpholine rings is 1. The van der Waals surface area contributed by atoms with Gasteiger partial charge >= 0.3 is 0 Å². The summed E-state index contributed by atoms with van der Waals surface area (Å²) in [4.78, 5) is 7.12. The molecule has 0 spiro atoms. The van der Waals surface area contributed by atoms with Crippen LogP contribution in [0.1, 0.15) is 36.6 Å². The standard InChI is InChI=1S/C24H35N3O/c1-6-26(7-2)22-12-13-23(19(3)18-22)24(27-14-16-28-17-15-27)20-8-10-21(11-9-20)25(4)5/h8-13,18,24H,6-7,14-17H2,1-5H3. The molecule has 1 unspecified atom stereocenters. The van der Waals surface area contributed by atoms with Crippen molar-refractivity contribution < 1.29 is 4.74 Å². The van der Waals surface area contributed by atoms with E-state index in [2.05, 4.69) is 92.0 Å². The zero-order valence-electron chi connectivity index (χ0n) is 18.1. The van der Waals surface area contributed by atoms with Gasteiger partial charge in [-0.15, -0.1) is 0 Å². The van der Waals surface area contributed by atoms with Crippen molar-refractivity contribution in [1.82, 2.24) is 4.90 Å². The maximum atomic E-state index is 5.63. The van der Waals surface area contributed by atoms with Crippen LogP contribution in [0.3, 0.4) is 0 Å². The maximum Gasteiger partial charge on any atom is 0.0606 e. The molecule has 28 heavy (non-hydrogen) atoms. The van der Waals surface area contributed by atoms with Gasteiger partial charge in [0.05, 0.1) is 19.3 Å². The Morgan fingerprint density at radius 3 is 2.07 bits per heavy atom. The van der Waals surface area contributed by atoms with E-state index < -0.39 is 0 Å². The summed E-state index contributed by atoms with van der Waals surface area (Å²) in [5.41, 5.74) is 6.66. The minimum atomic E-state index is 0.269. The molecule has 0 saturated carbocycles. The summed E-state index contributed by atoms with van der Waals surface area (Å²) in [7, 11) is 4.18. The lowest BCUT2D eigenvalue weighted by Crippen LogP contribution is -2.39. The van der Waals surface area contributed by atoms with Crippen LogP contribution >= 0.6 is 0 Å². The van der Waals surface area contributed by atoms with Crippen LogP contribution in [-0.4, -0.2) is 58.4 Å². The molecule has 1 fully saturated rings. The van der Waals surface area contributed by atoms with Gasteiger partial charge in [-0.05, 0) is 61.7 Å². The fourth-order valence-corrected chi connectivity index (χ4v) is 4.13. The van der Waals surface area contributed by atoms with Gasteiger partial charge in [-0.1, -0.05) is 18.2 Å². The minimum absolute atomic E-state index is 0.269. The monoisotopic (exact) mass is 381 g/mol. The molecule has 152 valence electrons. The van der Waals surface area contributed by atoms with Gasteiger partial charge in [-0.2, -0.15) is 0 Å². The van der Waals surface area contributed by atoms with Gasteiger partial charge in [0.15, 0.2) is 0 Å². The van der Waals surface area contributed by atoms with Crippen LogP contribution in [0.5, 0.6) is 0 Å². The number of anilines is 2. The third-order valence-corrected chi connectivity index (χ3v) is 5.81. The second-order valence-electron chi connectivity index (χ2n) is 7.75. The molecule has 0 aromatic heterocycles. The molecule has 1 saturated heterocycles. The first-order valence-corrected chi connectivity index (χ1v) is 10.5. The van der Waals surface area contributed by atoms with Crippen molar-refractivity contribution in [2.75, 3.05) is 63.3 Å². The Morgan fingerprint density at radius 1 is 0.929 bits per heavy atom. The highest BCUT2D eigenvalue weighted by Gasteiger charge is 2.26. The van der Waals surface area contributed by atoms with Crippen LogP contribution < -0.4 is 9.80 Å². The second kappa shape index (κ2) is 9.44. The summed E-state index contributed by atoms with van der Waals surface area (Å²) in [6.07, 6.45) is 0. The Hall–Kier alpha value is -2.04. The molecule has 1 heterocycles. The lowest BCUT2D eigenvalue weighted by Gasteiger charge is -2.36. The summed E-state index contributed by atoms with van der Waals surface area (Å²) in [5.74, 6) is 0. The molecule has 3 rings (SSSR count). The molecule has 4 nitrogen and oxygen atoms in total. The molecular formula is C24H35N3O. The number of rotatable bonds is 7. The molecular weight excluding hydrogens is 346 g/mol. The number of ether oxygens (including phenoxy) is 1. The molecule has 2 aromatic carbocycles. The first-order valence-electron chi connectivity index (χ1n) is 10.5. The van der Waals surface area contributed by atoms with Crippen LogP contribution in [0.4, 0.5) is 11.4 Å². The molecule has 1 aliphatic rings. The molecule has 0 aliphatic carbocycles. The molecule has 0 N–H and O–H groups in total. The molecule has 4 heteroatoms. The highest BCUT2D eigenvalue weighted by molar-refractivity contribution is 5.53. The zero-order chi connectivity index (χ0) is 20.1. The van der Waals surface area contributed by atoms with E-state index in [4.69, 9.17) is 4.74 Å². The Morgan fingerprint density at radius 2 is 1.54 bits per heavy atom. The lowest BCUT2D eigenvalue weighted by atomic mass is 9.92. The summed E-state index contributed by atoms with van der Waals surface area (Å²) in [5, 5.41) is 0. The molecule has 2 aromatic rings. The number of benzene rings is 2. The Bertz CT molecular complexity index is 747. The van der Waals surface area contributed by atoms with E-state index in [-0.39, 0.29) is 6.04 Å². The number of nitrogens with zero attached hydrogens (tertiary/aromatic N) is 3. The van der Waals surface area contributed by atoms with Gasteiger partial charge in [0.2, 0.25) is 0 Å². The van der Waals surface area contributed by atoms with E-state index in [0.717, 1.165) is 39.4 Å². The summed E-state index contributed by atoms with van der Waals surface area (Å²) >= 11 is 0. The molecule has 0 amide bonds. The number of hydrogen-bond acceptors (Lipinski definition) is 4. The zero-order valence-corrected chi connectivity index (χ0v) is 18.1. The van der Waals surface area contributed by atoms with E-state index in [1.54, 1.807) is 0 Å². The quantitative estimate of drug-likeness (QED) is 0.710. The SMILES string of the molecule is CCN(CC)c1ccc(C(c2ccc(N(C)C)cc2)N2CCOCC2)c(C)c1. The van der Waals surface area contributed by atoms with Crippen LogP contribution in [0.15, 0.2) is 42.5 Å². The summed E-state index contributed by atoms with van der Waals surface area (Å²) < 4.78 is 5.63. The highest BCUT2D eigenvalue weighted by Crippen LogP contribution is 2.34. The van der Waals surface area contributed by atoms with Crippen molar-refractivity contribution in [2.24, 2.45) is 0 Å². The van der Waals surface area contributed by atoms with Crippen LogP contribution in [0, 0.1) is 6.92 Å². The van der Waals surface area contributed by atoms with Crippen LogP contribution in [0.25, 0.3) is 0 Å². The predicted octanol–water partition coefficient (Wildman–Crippen LogP) is 4.33. The van der Waals surface area contributed by atoms with Gasteiger partial charge in [-0.25, -0.2) is 0 Å². The van der Waals surface area contributed by atoms with Crippen LogP contribution in [-0.2, 0) is 4.74 Å². The van der Waals surface area contributed by atoms with Crippen molar-refractivity contribution in [3.8, 4) is 0 Å². The van der Waals surface area contributed by atoms with Crippen molar-refractivity contribution in [2.45, 2.75) is 26.8 Å². The number of aryl methyl sites for hydroxylation is 1. The summed E-state index contributed by atoms with van der Waals surface area (Å²) in [6, 6.07) is 16.3. The average molecular weight is 382 g/mol. The lowest BCUT2D eigenvalue weighted by molar-refractivity contribution is 0.0238. The third-order valence-electron chi connectivity index (χ3n) is 5.81. The number of hydrogen-bond donors (Lipinski definition) is 0. The van der Waals surface area contributed by atoms with E-state index >= 15 is 0 Å². The van der Waals surface area contributed by atoms with Crippen molar-refractivity contribution in [3.63, 3.8) is 0 Å². The first-order chi connectivity index (χ1) is 13.5. The Kier molecular flexibility index (Phi) is 6.97. The Balaban J connectivity index is 1.99. The van der Waals surface area contributed by atoms with Crippen molar-refractivity contribution >= 4 is 11.4 Å². The normalized spacial score (nSPS) is 16.0. The highest BCUT2D eigenvalue weighted by atomic mass is 16.5. The second-order valence-corrected chi connectivity index (χ2v) is 7.75. The van der Waals surface area contributed by atoms with E-state index in [0.29, 0.717) is 0 Å². The van der Waals surface area contributed by atoms with Gasteiger partial charge in [0, 0.05) is 51.6 Å². The third kappa shape index (κ3) is 4.50. The smallest absolute Gasteiger partial charge is 0.0606 e. The first kappa shape index (κ1) is 20.7. The Labute approximate surface area is 170 Å². The van der Waals surface area contributed by atoms with Gasteiger partial charge in [0.1, 0.15) is 0 Å². The van der Waals surface area contributed by atoms with Crippen molar-refractivity contribution in [3.05, 3.63) is 59.2 Å². The minimum Gasteiger partial charge on any atom is -0.379 e. The molecule has 0 bridgehead atoms. The largest absolute Gasteiger partial charge is 0.379 e. The average Bonchev–Trinajstić information content (AvgIpc) is 2.72. The van der Waals surface area contributed by atoms with Gasteiger partial charge < -0.3 is 14.5 Å².